The number of ether oxygens (including phenoxy) is 1. The van der Waals surface area contributed by atoms with Crippen molar-refractivity contribution in [3.63, 3.8) is 0 Å². The molecular formula is C23H29N7O2. The number of carbonyl (C=O) groups excluding carboxylic acids is 1. The number of anilines is 3. The molecule has 0 unspecified atom stereocenters. The number of aromatic nitrogens is 4. The Hall–Kier alpha value is -3.62. The van der Waals surface area contributed by atoms with Gasteiger partial charge in [0.25, 0.3) is 0 Å². The van der Waals surface area contributed by atoms with Crippen LogP contribution in [0.1, 0.15) is 37.9 Å². The molecule has 2 N–H and O–H groups in total. The molecule has 0 fully saturated rings. The van der Waals surface area contributed by atoms with Crippen LogP contribution in [-0.4, -0.2) is 49.7 Å². The molecule has 0 saturated carbocycles. The number of aryl methyl sites for hydroxylation is 1. The van der Waals surface area contributed by atoms with E-state index in [0.717, 1.165) is 28.5 Å². The summed E-state index contributed by atoms with van der Waals surface area (Å²) in [6.45, 7) is 8.54. The minimum absolute atomic E-state index is 0.319. The van der Waals surface area contributed by atoms with Gasteiger partial charge in [-0.2, -0.15) is 4.98 Å². The molecule has 2 aromatic heterocycles. The first-order valence-electron chi connectivity index (χ1n) is 10.7. The number of benzene rings is 1. The zero-order valence-corrected chi connectivity index (χ0v) is 19.1. The summed E-state index contributed by atoms with van der Waals surface area (Å²) in [6, 6.07) is 8.02. The Morgan fingerprint density at radius 1 is 1.16 bits per heavy atom. The molecular weight excluding hydrogens is 406 g/mol. The van der Waals surface area contributed by atoms with E-state index in [9.17, 15) is 4.79 Å². The van der Waals surface area contributed by atoms with Gasteiger partial charge in [0.2, 0.25) is 5.95 Å². The zero-order chi connectivity index (χ0) is 22.9. The Bertz CT molecular complexity index is 1100. The van der Waals surface area contributed by atoms with Crippen molar-refractivity contribution in [2.24, 2.45) is 0 Å². The van der Waals surface area contributed by atoms with Gasteiger partial charge in [-0.05, 0) is 52.0 Å². The molecule has 1 aliphatic rings. The summed E-state index contributed by atoms with van der Waals surface area (Å²) in [5, 5.41) is 6.43. The summed E-state index contributed by atoms with van der Waals surface area (Å²) < 4.78 is 7.54. The largest absolute Gasteiger partial charge is 0.444 e. The van der Waals surface area contributed by atoms with Crippen molar-refractivity contribution in [3.05, 3.63) is 53.7 Å². The highest BCUT2D eigenvalue weighted by atomic mass is 16.6. The van der Waals surface area contributed by atoms with Crippen LogP contribution in [0.5, 0.6) is 0 Å². The lowest BCUT2D eigenvalue weighted by atomic mass is 10.1. The maximum atomic E-state index is 12.5. The van der Waals surface area contributed by atoms with E-state index in [2.05, 4.69) is 20.6 Å². The molecule has 0 bridgehead atoms. The molecule has 0 saturated heterocycles. The third kappa shape index (κ3) is 4.66. The van der Waals surface area contributed by atoms with Crippen LogP contribution < -0.4 is 10.6 Å². The van der Waals surface area contributed by atoms with E-state index >= 15 is 0 Å². The first-order valence-corrected chi connectivity index (χ1v) is 10.7. The van der Waals surface area contributed by atoms with E-state index in [4.69, 9.17) is 9.72 Å². The van der Waals surface area contributed by atoms with E-state index in [1.54, 1.807) is 11.1 Å². The first kappa shape index (κ1) is 21.6. The molecule has 3 heterocycles. The number of nitrogens with zero attached hydrogens (tertiary/aromatic N) is 5. The Kier molecular flexibility index (Phi) is 5.73. The van der Waals surface area contributed by atoms with Crippen molar-refractivity contribution in [1.82, 2.24) is 24.4 Å². The topological polar surface area (TPSA) is 97.2 Å². The number of fused-ring (bicyclic) bond motifs is 1. The normalized spacial score (nSPS) is 13.5. The number of hydrogen-bond acceptors (Lipinski definition) is 7. The second kappa shape index (κ2) is 8.49. The molecule has 0 spiro atoms. The summed E-state index contributed by atoms with van der Waals surface area (Å²) in [5.74, 6) is 2.16. The van der Waals surface area contributed by atoms with Crippen LogP contribution >= 0.6 is 0 Å². The Morgan fingerprint density at radius 2 is 1.91 bits per heavy atom. The minimum Gasteiger partial charge on any atom is -0.444 e. The molecule has 0 atom stereocenters. The van der Waals surface area contributed by atoms with Gasteiger partial charge in [0.05, 0.1) is 12.2 Å². The molecule has 3 aromatic rings. The lowest BCUT2D eigenvalue weighted by molar-refractivity contribution is 0.0223. The van der Waals surface area contributed by atoms with Crippen molar-refractivity contribution in [2.75, 3.05) is 24.2 Å². The average molecular weight is 436 g/mol. The van der Waals surface area contributed by atoms with Crippen LogP contribution in [0.3, 0.4) is 0 Å². The molecule has 9 nitrogen and oxygen atoms in total. The third-order valence-corrected chi connectivity index (χ3v) is 5.18. The highest BCUT2D eigenvalue weighted by Gasteiger charge is 2.28. The van der Waals surface area contributed by atoms with E-state index in [-0.39, 0.29) is 6.09 Å². The number of amides is 1. The summed E-state index contributed by atoms with van der Waals surface area (Å²) in [6.07, 6.45) is 4.04. The van der Waals surface area contributed by atoms with Gasteiger partial charge in [0.1, 0.15) is 17.2 Å². The third-order valence-electron chi connectivity index (χ3n) is 5.18. The molecule has 0 aliphatic carbocycles. The number of rotatable bonds is 4. The number of imidazole rings is 1. The van der Waals surface area contributed by atoms with Crippen LogP contribution in [0.25, 0.3) is 5.69 Å². The fourth-order valence-electron chi connectivity index (χ4n) is 3.64. The minimum atomic E-state index is -0.528. The number of carbonyl (C=O) groups is 1. The van der Waals surface area contributed by atoms with E-state index in [0.29, 0.717) is 31.3 Å². The standard InChI is InChI=1S/C23H29N7O2/c1-15-25-11-13-30(15)17-8-6-16(7-9-17)26-21-27-19-10-12-29(22(31)32-23(2,3)4)14-18(19)20(24-5)28-21/h6-9,11,13H,10,12,14H2,1-5H3,(H2,24,26,27,28). The SMILES string of the molecule is CNc1nc(Nc2ccc(-n3ccnc3C)cc2)nc2c1CN(C(=O)OC(C)(C)C)CC2. The molecule has 32 heavy (non-hydrogen) atoms. The summed E-state index contributed by atoms with van der Waals surface area (Å²) in [7, 11) is 1.82. The Labute approximate surface area is 187 Å². The van der Waals surface area contributed by atoms with Crippen molar-refractivity contribution in [3.8, 4) is 5.69 Å². The highest BCUT2D eigenvalue weighted by Crippen LogP contribution is 2.27. The predicted molar refractivity (Wildman–Crippen MR) is 124 cm³/mol. The van der Waals surface area contributed by atoms with E-state index in [1.165, 1.54) is 0 Å². The van der Waals surface area contributed by atoms with Gasteiger partial charge >= 0.3 is 6.09 Å². The fraction of sp³-hybridized carbons (Fsp3) is 0.391. The van der Waals surface area contributed by atoms with Crippen molar-refractivity contribution < 1.29 is 9.53 Å². The van der Waals surface area contributed by atoms with Crippen LogP contribution in [0.2, 0.25) is 0 Å². The predicted octanol–water partition coefficient (Wildman–Crippen LogP) is 4.05. The molecule has 1 amide bonds. The monoisotopic (exact) mass is 435 g/mol. The maximum Gasteiger partial charge on any atom is 0.410 e. The molecule has 1 aliphatic heterocycles. The van der Waals surface area contributed by atoms with Gasteiger partial charge < -0.3 is 24.8 Å². The summed E-state index contributed by atoms with van der Waals surface area (Å²) in [4.78, 5) is 27.8. The lowest BCUT2D eigenvalue weighted by Crippen LogP contribution is -2.40. The molecule has 0 radical (unpaired) electrons. The second-order valence-electron chi connectivity index (χ2n) is 8.74. The van der Waals surface area contributed by atoms with Gasteiger partial charge in [-0.15, -0.1) is 0 Å². The highest BCUT2D eigenvalue weighted by molar-refractivity contribution is 5.69. The summed E-state index contributed by atoms with van der Waals surface area (Å²) in [5.41, 5.74) is 3.24. The van der Waals surface area contributed by atoms with Crippen molar-refractivity contribution >= 4 is 23.5 Å². The van der Waals surface area contributed by atoms with Crippen LogP contribution in [0.4, 0.5) is 22.2 Å². The van der Waals surface area contributed by atoms with Crippen molar-refractivity contribution in [2.45, 2.75) is 46.3 Å². The van der Waals surface area contributed by atoms with Gasteiger partial charge in [-0.25, -0.2) is 14.8 Å². The van der Waals surface area contributed by atoms with E-state index in [1.807, 2.05) is 69.8 Å². The Balaban J connectivity index is 1.51. The first-order chi connectivity index (χ1) is 15.2. The van der Waals surface area contributed by atoms with Gasteiger partial charge in [-0.1, -0.05) is 0 Å². The maximum absolute atomic E-state index is 12.5. The van der Waals surface area contributed by atoms with Crippen LogP contribution in [-0.2, 0) is 17.7 Å². The molecule has 9 heteroatoms. The zero-order valence-electron chi connectivity index (χ0n) is 19.1. The second-order valence-corrected chi connectivity index (χ2v) is 8.74. The van der Waals surface area contributed by atoms with Crippen LogP contribution in [0.15, 0.2) is 36.7 Å². The van der Waals surface area contributed by atoms with E-state index < -0.39 is 5.60 Å². The lowest BCUT2D eigenvalue weighted by Gasteiger charge is -2.31. The average Bonchev–Trinajstić information content (AvgIpc) is 3.18. The van der Waals surface area contributed by atoms with Gasteiger partial charge in [-0.3, -0.25) is 0 Å². The fourth-order valence-corrected chi connectivity index (χ4v) is 3.64. The van der Waals surface area contributed by atoms with Gasteiger partial charge in [0, 0.05) is 49.3 Å². The number of hydrogen-bond donors (Lipinski definition) is 2. The number of nitrogens with one attached hydrogen (secondary N) is 2. The quantitative estimate of drug-likeness (QED) is 0.638. The smallest absolute Gasteiger partial charge is 0.410 e. The molecule has 168 valence electrons. The molecule has 1 aromatic carbocycles. The molecule has 4 rings (SSSR count). The summed E-state index contributed by atoms with van der Waals surface area (Å²) >= 11 is 0. The Morgan fingerprint density at radius 3 is 2.53 bits per heavy atom. The van der Waals surface area contributed by atoms with Crippen LogP contribution in [0, 0.1) is 6.92 Å². The van der Waals surface area contributed by atoms with Gasteiger partial charge in [0.15, 0.2) is 0 Å². The van der Waals surface area contributed by atoms with Crippen molar-refractivity contribution in [1.29, 1.82) is 0 Å².